The van der Waals surface area contributed by atoms with Crippen LogP contribution in [0.2, 0.25) is 0 Å². The van der Waals surface area contributed by atoms with Crippen molar-refractivity contribution >= 4 is 18.4 Å². The third kappa shape index (κ3) is 1.70. The smallest absolute Gasteiger partial charge is 0.127 e. The third-order valence-electron chi connectivity index (χ3n) is 1.72. The Kier molecular flexibility index (Phi) is 2.19. The minimum absolute atomic E-state index is 0.424. The highest BCUT2D eigenvalue weighted by Gasteiger charge is 2.17. The van der Waals surface area contributed by atoms with E-state index in [1.165, 1.54) is 0 Å². The largest absolute Gasteiger partial charge is 0.377 e. The van der Waals surface area contributed by atoms with Crippen LogP contribution in [-0.4, -0.2) is 24.2 Å². The molecule has 0 bridgehead atoms. The third-order valence-corrected chi connectivity index (χ3v) is 1.97. The molecule has 2 heterocycles. The fraction of sp³-hybridized carbons (Fsp3) is 0.375. The zero-order valence-electron chi connectivity index (χ0n) is 6.53. The summed E-state index contributed by atoms with van der Waals surface area (Å²) in [7, 11) is 0. The van der Waals surface area contributed by atoms with E-state index in [2.05, 4.69) is 22.9 Å². The van der Waals surface area contributed by atoms with E-state index in [0.29, 0.717) is 6.04 Å². The first kappa shape index (κ1) is 7.89. The van der Waals surface area contributed by atoms with Crippen molar-refractivity contribution in [2.45, 2.75) is 11.1 Å². The van der Waals surface area contributed by atoms with Crippen molar-refractivity contribution < 1.29 is 4.74 Å². The maximum absolute atomic E-state index is 5.03. The van der Waals surface area contributed by atoms with Gasteiger partial charge in [-0.15, -0.1) is 12.6 Å². The summed E-state index contributed by atoms with van der Waals surface area (Å²) in [6, 6.07) is 6.13. The van der Waals surface area contributed by atoms with Gasteiger partial charge in [-0.1, -0.05) is 6.07 Å². The van der Waals surface area contributed by atoms with Gasteiger partial charge in [-0.05, 0) is 12.1 Å². The predicted molar refractivity (Wildman–Crippen MR) is 49.7 cm³/mol. The SMILES string of the molecule is Sc1cccc(NC2COC2)n1. The number of thiol groups is 1. The quantitative estimate of drug-likeness (QED) is 0.674. The molecule has 0 spiro atoms. The second kappa shape index (κ2) is 3.33. The first-order chi connectivity index (χ1) is 5.84. The van der Waals surface area contributed by atoms with Gasteiger partial charge in [0, 0.05) is 0 Å². The molecule has 1 aliphatic heterocycles. The zero-order chi connectivity index (χ0) is 8.39. The molecule has 1 N–H and O–H groups in total. The van der Waals surface area contributed by atoms with Gasteiger partial charge in [0.15, 0.2) is 0 Å². The van der Waals surface area contributed by atoms with Crippen molar-refractivity contribution in [3.05, 3.63) is 18.2 Å². The number of hydrogen-bond acceptors (Lipinski definition) is 4. The molecule has 0 amide bonds. The van der Waals surface area contributed by atoms with Gasteiger partial charge in [0.05, 0.1) is 24.3 Å². The van der Waals surface area contributed by atoms with Crippen molar-refractivity contribution in [1.82, 2.24) is 4.98 Å². The van der Waals surface area contributed by atoms with Gasteiger partial charge in [-0.2, -0.15) is 0 Å². The van der Waals surface area contributed by atoms with Gasteiger partial charge >= 0.3 is 0 Å². The van der Waals surface area contributed by atoms with Gasteiger partial charge in [0.2, 0.25) is 0 Å². The van der Waals surface area contributed by atoms with Crippen molar-refractivity contribution in [3.8, 4) is 0 Å². The van der Waals surface area contributed by atoms with E-state index in [1.807, 2.05) is 18.2 Å². The molecule has 2 rings (SSSR count). The molecule has 1 aliphatic rings. The van der Waals surface area contributed by atoms with Gasteiger partial charge in [-0.25, -0.2) is 4.98 Å². The molecule has 0 aliphatic carbocycles. The molecule has 1 aromatic heterocycles. The molecule has 1 saturated heterocycles. The molecule has 0 unspecified atom stereocenters. The van der Waals surface area contributed by atoms with E-state index in [9.17, 15) is 0 Å². The Morgan fingerprint density at radius 3 is 2.92 bits per heavy atom. The molecule has 3 nitrogen and oxygen atoms in total. The molecule has 64 valence electrons. The molecular formula is C8H10N2OS. The fourth-order valence-electron chi connectivity index (χ4n) is 1.03. The van der Waals surface area contributed by atoms with Gasteiger partial charge < -0.3 is 10.1 Å². The number of aromatic nitrogens is 1. The minimum atomic E-state index is 0.424. The standard InChI is InChI=1S/C8H10N2OS/c12-8-3-1-2-7(10-8)9-6-4-11-5-6/h1-3,6H,4-5H2,(H2,9,10,12). The summed E-state index contributed by atoms with van der Waals surface area (Å²) in [6.07, 6.45) is 0. The second-order valence-electron chi connectivity index (χ2n) is 2.76. The maximum Gasteiger partial charge on any atom is 0.127 e. The van der Waals surface area contributed by atoms with Crippen LogP contribution in [0.15, 0.2) is 23.2 Å². The van der Waals surface area contributed by atoms with E-state index in [-0.39, 0.29) is 0 Å². The van der Waals surface area contributed by atoms with Crippen LogP contribution < -0.4 is 5.32 Å². The summed E-state index contributed by atoms with van der Waals surface area (Å²) in [4.78, 5) is 4.19. The summed E-state index contributed by atoms with van der Waals surface area (Å²) >= 11 is 4.14. The van der Waals surface area contributed by atoms with E-state index in [0.717, 1.165) is 24.1 Å². The average molecular weight is 182 g/mol. The molecule has 0 aromatic carbocycles. The summed E-state index contributed by atoms with van der Waals surface area (Å²) < 4.78 is 5.03. The van der Waals surface area contributed by atoms with E-state index in [1.54, 1.807) is 0 Å². The van der Waals surface area contributed by atoms with E-state index < -0.39 is 0 Å². The normalized spacial score (nSPS) is 17.1. The van der Waals surface area contributed by atoms with E-state index >= 15 is 0 Å². The highest BCUT2D eigenvalue weighted by atomic mass is 32.1. The first-order valence-corrected chi connectivity index (χ1v) is 4.29. The summed E-state index contributed by atoms with van der Waals surface area (Å²) in [5.41, 5.74) is 0. The topological polar surface area (TPSA) is 34.1 Å². The van der Waals surface area contributed by atoms with Gasteiger partial charge in [-0.3, -0.25) is 0 Å². The number of rotatable bonds is 2. The Morgan fingerprint density at radius 1 is 1.50 bits per heavy atom. The number of pyridine rings is 1. The lowest BCUT2D eigenvalue weighted by Crippen LogP contribution is -2.40. The molecule has 1 aromatic rings. The number of nitrogens with zero attached hydrogens (tertiary/aromatic N) is 1. The van der Waals surface area contributed by atoms with Crippen molar-refractivity contribution in [3.63, 3.8) is 0 Å². The van der Waals surface area contributed by atoms with Crippen molar-refractivity contribution in [1.29, 1.82) is 0 Å². The monoisotopic (exact) mass is 182 g/mol. The summed E-state index contributed by atoms with van der Waals surface area (Å²) in [5, 5.41) is 3.97. The van der Waals surface area contributed by atoms with Crippen molar-refractivity contribution in [2.24, 2.45) is 0 Å². The second-order valence-corrected chi connectivity index (χ2v) is 3.22. The molecule has 12 heavy (non-hydrogen) atoms. The van der Waals surface area contributed by atoms with Crippen LogP contribution in [0.4, 0.5) is 5.82 Å². The van der Waals surface area contributed by atoms with Crippen LogP contribution >= 0.6 is 12.6 Å². The van der Waals surface area contributed by atoms with Gasteiger partial charge in [0.1, 0.15) is 5.82 Å². The fourth-order valence-corrected chi connectivity index (χ4v) is 1.23. The molecule has 0 radical (unpaired) electrons. The molecular weight excluding hydrogens is 172 g/mol. The van der Waals surface area contributed by atoms with E-state index in [4.69, 9.17) is 4.74 Å². The lowest BCUT2D eigenvalue weighted by Gasteiger charge is -2.27. The van der Waals surface area contributed by atoms with Crippen LogP contribution in [0.5, 0.6) is 0 Å². The highest BCUT2D eigenvalue weighted by molar-refractivity contribution is 7.80. The summed E-state index contributed by atoms with van der Waals surface area (Å²) in [5.74, 6) is 0.871. The highest BCUT2D eigenvalue weighted by Crippen LogP contribution is 2.11. The Morgan fingerprint density at radius 2 is 2.33 bits per heavy atom. The number of anilines is 1. The number of nitrogens with one attached hydrogen (secondary N) is 1. The Labute approximate surface area is 76.6 Å². The lowest BCUT2D eigenvalue weighted by molar-refractivity contribution is 0.0209. The molecule has 0 atom stereocenters. The number of hydrogen-bond donors (Lipinski definition) is 2. The Hall–Kier alpha value is -0.740. The van der Waals surface area contributed by atoms with Crippen LogP contribution in [0, 0.1) is 0 Å². The average Bonchev–Trinajstić information content (AvgIpc) is 1.97. The minimum Gasteiger partial charge on any atom is -0.377 e. The molecule has 4 heteroatoms. The molecule has 0 saturated carbocycles. The van der Waals surface area contributed by atoms with Crippen LogP contribution in [0.25, 0.3) is 0 Å². The van der Waals surface area contributed by atoms with Crippen LogP contribution in [0.3, 0.4) is 0 Å². The first-order valence-electron chi connectivity index (χ1n) is 3.85. The number of ether oxygens (including phenoxy) is 1. The summed E-state index contributed by atoms with van der Waals surface area (Å²) in [6.45, 7) is 1.55. The Bertz CT molecular complexity index is 276. The maximum atomic E-state index is 5.03. The van der Waals surface area contributed by atoms with Gasteiger partial charge in [0.25, 0.3) is 0 Å². The van der Waals surface area contributed by atoms with Crippen molar-refractivity contribution in [2.75, 3.05) is 18.5 Å². The zero-order valence-corrected chi connectivity index (χ0v) is 7.42. The Balaban J connectivity index is 2.02. The van der Waals surface area contributed by atoms with Crippen LogP contribution in [-0.2, 0) is 4.74 Å². The lowest BCUT2D eigenvalue weighted by atomic mass is 10.2. The van der Waals surface area contributed by atoms with Crippen LogP contribution in [0.1, 0.15) is 0 Å². The predicted octanol–water partition coefficient (Wildman–Crippen LogP) is 1.18. The molecule has 1 fully saturated rings.